The highest BCUT2D eigenvalue weighted by Crippen LogP contribution is 2.36. The van der Waals surface area contributed by atoms with E-state index < -0.39 is 5.41 Å². The lowest BCUT2D eigenvalue weighted by Crippen LogP contribution is -2.32. The highest BCUT2D eigenvalue weighted by Gasteiger charge is 2.35. The van der Waals surface area contributed by atoms with Gasteiger partial charge in [-0.3, -0.25) is 0 Å². The highest BCUT2D eigenvalue weighted by molar-refractivity contribution is 5.89. The van der Waals surface area contributed by atoms with E-state index in [1.165, 1.54) is 16.7 Å². The van der Waals surface area contributed by atoms with Gasteiger partial charge < -0.3 is 9.64 Å². The Bertz CT molecular complexity index is 957. The van der Waals surface area contributed by atoms with Crippen molar-refractivity contribution in [3.8, 4) is 6.07 Å². The van der Waals surface area contributed by atoms with Crippen LogP contribution in [0, 0.1) is 31.1 Å². The number of hydrogen-bond acceptors (Lipinski definition) is 4. The summed E-state index contributed by atoms with van der Waals surface area (Å²) in [5.41, 5.74) is 4.96. The molecule has 0 fully saturated rings. The molecule has 0 aliphatic carbocycles. The summed E-state index contributed by atoms with van der Waals surface area (Å²) < 4.78 is 5.28. The number of carbonyl (C=O) groups is 1. The van der Waals surface area contributed by atoms with Gasteiger partial charge in [-0.25, -0.2) is 4.79 Å². The minimum absolute atomic E-state index is 0.155. The van der Waals surface area contributed by atoms with Crippen LogP contribution in [-0.4, -0.2) is 37.1 Å². The number of benzene rings is 2. The minimum atomic E-state index is -0.574. The van der Waals surface area contributed by atoms with E-state index in [9.17, 15) is 10.1 Å². The summed E-state index contributed by atoms with van der Waals surface area (Å²) in [6.45, 7) is 14.1. The number of aryl methyl sites for hydroxylation is 2. The zero-order chi connectivity index (χ0) is 24.6. The maximum absolute atomic E-state index is 12.2. The molecule has 178 valence electrons. The van der Waals surface area contributed by atoms with Gasteiger partial charge in [-0.05, 0) is 101 Å². The molecule has 0 saturated heterocycles. The minimum Gasteiger partial charge on any atom is -0.459 e. The van der Waals surface area contributed by atoms with E-state index in [0.29, 0.717) is 5.56 Å². The third-order valence-corrected chi connectivity index (χ3v) is 6.63. The Kier molecular flexibility index (Phi) is 9.68. The number of hydrogen-bond donors (Lipinski definition) is 0. The van der Waals surface area contributed by atoms with E-state index in [0.717, 1.165) is 37.9 Å². The van der Waals surface area contributed by atoms with Crippen molar-refractivity contribution in [3.05, 3.63) is 70.3 Å². The summed E-state index contributed by atoms with van der Waals surface area (Å²) in [5.74, 6) is -0.161. The van der Waals surface area contributed by atoms with Crippen molar-refractivity contribution in [2.75, 3.05) is 20.1 Å². The lowest BCUT2D eigenvalue weighted by atomic mass is 9.69. The first-order valence-corrected chi connectivity index (χ1v) is 12.1. The first-order valence-electron chi connectivity index (χ1n) is 12.1. The fraction of sp³-hybridized carbons (Fsp3) is 0.517. The summed E-state index contributed by atoms with van der Waals surface area (Å²) in [4.78, 5) is 14.5. The van der Waals surface area contributed by atoms with Crippen molar-refractivity contribution in [1.29, 1.82) is 5.26 Å². The van der Waals surface area contributed by atoms with Crippen LogP contribution in [0.3, 0.4) is 0 Å². The van der Waals surface area contributed by atoms with Crippen molar-refractivity contribution in [2.24, 2.45) is 5.92 Å². The third kappa shape index (κ3) is 7.17. The predicted molar refractivity (Wildman–Crippen MR) is 135 cm³/mol. The standard InChI is InChI=1S/C29H40N2O2/c1-21(2)29(20-30,27-13-11-26(12-14-27)28(32)33-22(3)4)16-8-17-31(7)18-15-25-10-9-23(5)24(6)19-25/h9-14,19,21-22H,8,15-18H2,1-7H3. The van der Waals surface area contributed by atoms with Gasteiger partial charge in [-0.1, -0.05) is 44.2 Å². The molecule has 0 spiro atoms. The fourth-order valence-corrected chi connectivity index (χ4v) is 4.22. The van der Waals surface area contributed by atoms with Crippen LogP contribution >= 0.6 is 0 Å². The summed E-state index contributed by atoms with van der Waals surface area (Å²) in [6.07, 6.45) is 2.59. The molecule has 4 heteroatoms. The molecule has 0 radical (unpaired) electrons. The first-order chi connectivity index (χ1) is 15.6. The molecule has 1 unspecified atom stereocenters. The van der Waals surface area contributed by atoms with E-state index >= 15 is 0 Å². The van der Waals surface area contributed by atoms with Gasteiger partial charge in [-0.2, -0.15) is 5.26 Å². The quantitative estimate of drug-likeness (QED) is 0.382. The second-order valence-corrected chi connectivity index (χ2v) is 9.84. The number of nitriles is 1. The fourth-order valence-electron chi connectivity index (χ4n) is 4.22. The average Bonchev–Trinajstić information content (AvgIpc) is 2.77. The highest BCUT2D eigenvalue weighted by atomic mass is 16.5. The number of ether oxygens (including phenoxy) is 1. The van der Waals surface area contributed by atoms with Crippen molar-refractivity contribution >= 4 is 5.97 Å². The van der Waals surface area contributed by atoms with Gasteiger partial charge in [-0.15, -0.1) is 0 Å². The van der Waals surface area contributed by atoms with E-state index in [1.807, 2.05) is 26.0 Å². The molecule has 2 rings (SSSR count). The monoisotopic (exact) mass is 448 g/mol. The Hall–Kier alpha value is -2.64. The molecule has 0 N–H and O–H groups in total. The Morgan fingerprint density at radius 3 is 2.24 bits per heavy atom. The molecule has 0 amide bonds. The van der Waals surface area contributed by atoms with Gasteiger partial charge in [0.1, 0.15) is 0 Å². The molecule has 2 aromatic carbocycles. The average molecular weight is 449 g/mol. The molecule has 4 nitrogen and oxygen atoms in total. The molecule has 0 aliphatic heterocycles. The van der Waals surface area contributed by atoms with Crippen LogP contribution in [0.5, 0.6) is 0 Å². The van der Waals surface area contributed by atoms with Gasteiger partial charge in [0.25, 0.3) is 0 Å². The lowest BCUT2D eigenvalue weighted by molar-refractivity contribution is 0.0378. The zero-order valence-corrected chi connectivity index (χ0v) is 21.4. The zero-order valence-electron chi connectivity index (χ0n) is 21.4. The van der Waals surface area contributed by atoms with Crippen molar-refractivity contribution in [3.63, 3.8) is 0 Å². The summed E-state index contributed by atoms with van der Waals surface area (Å²) in [6, 6.07) is 16.7. The molecule has 2 aromatic rings. The van der Waals surface area contributed by atoms with Gasteiger partial charge in [0, 0.05) is 6.54 Å². The van der Waals surface area contributed by atoms with Gasteiger partial charge in [0.05, 0.1) is 23.2 Å². The Balaban J connectivity index is 2.00. The van der Waals surface area contributed by atoms with E-state index in [4.69, 9.17) is 4.74 Å². The topological polar surface area (TPSA) is 53.3 Å². The molecule has 0 bridgehead atoms. The molecule has 0 saturated carbocycles. The number of nitrogens with zero attached hydrogens (tertiary/aromatic N) is 2. The number of carbonyl (C=O) groups excluding carboxylic acids is 1. The molecule has 1 atom stereocenters. The second-order valence-electron chi connectivity index (χ2n) is 9.84. The normalized spacial score (nSPS) is 13.2. The van der Waals surface area contributed by atoms with Crippen molar-refractivity contribution in [1.82, 2.24) is 4.90 Å². The van der Waals surface area contributed by atoms with Crippen LogP contribution < -0.4 is 0 Å². The Labute approximate surface area is 200 Å². The van der Waals surface area contributed by atoms with Gasteiger partial charge in [0.2, 0.25) is 0 Å². The molecular formula is C29H40N2O2. The number of esters is 1. The van der Waals surface area contributed by atoms with Gasteiger partial charge >= 0.3 is 5.97 Å². The maximum atomic E-state index is 12.2. The van der Waals surface area contributed by atoms with Crippen LogP contribution in [0.2, 0.25) is 0 Å². The molecule has 0 aliphatic rings. The molecule has 0 aromatic heterocycles. The molecular weight excluding hydrogens is 408 g/mol. The summed E-state index contributed by atoms with van der Waals surface area (Å²) >= 11 is 0. The predicted octanol–water partition coefficient (Wildman–Crippen LogP) is 6.24. The first kappa shape index (κ1) is 26.6. The molecule has 0 heterocycles. The van der Waals surface area contributed by atoms with E-state index in [1.54, 1.807) is 12.1 Å². The third-order valence-electron chi connectivity index (χ3n) is 6.63. The number of likely N-dealkylation sites (N-methyl/N-ethyl adjacent to an activating group) is 1. The second kappa shape index (κ2) is 12.0. The summed E-state index contributed by atoms with van der Waals surface area (Å²) in [5, 5.41) is 10.2. The largest absolute Gasteiger partial charge is 0.459 e. The van der Waals surface area contributed by atoms with Crippen LogP contribution in [0.25, 0.3) is 0 Å². The summed E-state index contributed by atoms with van der Waals surface area (Å²) in [7, 11) is 2.15. The van der Waals surface area contributed by atoms with Crippen molar-refractivity contribution < 1.29 is 9.53 Å². The van der Waals surface area contributed by atoms with Crippen LogP contribution in [0.4, 0.5) is 0 Å². The van der Waals surface area contributed by atoms with Crippen LogP contribution in [-0.2, 0) is 16.6 Å². The van der Waals surface area contributed by atoms with Crippen molar-refractivity contribution in [2.45, 2.75) is 72.3 Å². The van der Waals surface area contributed by atoms with E-state index in [2.05, 4.69) is 63.9 Å². The van der Waals surface area contributed by atoms with Gasteiger partial charge in [0.15, 0.2) is 0 Å². The smallest absolute Gasteiger partial charge is 0.338 e. The Morgan fingerprint density at radius 1 is 1.03 bits per heavy atom. The lowest BCUT2D eigenvalue weighted by Gasteiger charge is -2.32. The van der Waals surface area contributed by atoms with Crippen LogP contribution in [0.15, 0.2) is 42.5 Å². The maximum Gasteiger partial charge on any atom is 0.338 e. The van der Waals surface area contributed by atoms with E-state index in [-0.39, 0.29) is 18.0 Å². The molecule has 33 heavy (non-hydrogen) atoms. The Morgan fingerprint density at radius 2 is 1.70 bits per heavy atom. The van der Waals surface area contributed by atoms with Crippen LogP contribution in [0.1, 0.15) is 73.1 Å². The number of rotatable bonds is 11. The SMILES string of the molecule is Cc1ccc(CCN(C)CCCC(C#N)(c2ccc(C(=O)OC(C)C)cc2)C(C)C)cc1C.